The zero-order valence-corrected chi connectivity index (χ0v) is 9.36. The molecule has 0 spiro atoms. The fourth-order valence-electron chi connectivity index (χ4n) is 1.28. The lowest BCUT2D eigenvalue weighted by atomic mass is 10.1. The molecule has 0 fully saturated rings. The first-order valence-corrected chi connectivity index (χ1v) is 5.18. The highest BCUT2D eigenvalue weighted by molar-refractivity contribution is 5.25. The van der Waals surface area contributed by atoms with Gasteiger partial charge in [0.1, 0.15) is 6.10 Å². The Hall–Kier alpha value is -1.00. The number of aliphatic hydroxyl groups is 1. The Labute approximate surface area is 93.9 Å². The molecule has 0 radical (unpaired) electrons. The van der Waals surface area contributed by atoms with Crippen molar-refractivity contribution in [3.63, 3.8) is 0 Å². The average Bonchev–Trinajstić information content (AvgIpc) is 2.26. The number of aliphatic hydroxyl groups excluding tert-OH is 1. The van der Waals surface area contributed by atoms with Crippen LogP contribution in [0.1, 0.15) is 37.5 Å². The highest BCUT2D eigenvalue weighted by Gasteiger charge is 2.12. The zero-order chi connectivity index (χ0) is 12.1. The maximum Gasteiger partial charge on any atom is 0.263 e. The molecule has 1 atom stereocenters. The van der Waals surface area contributed by atoms with Crippen molar-refractivity contribution in [3.8, 4) is 0 Å². The normalized spacial score (nSPS) is 13.4. The Morgan fingerprint density at radius 3 is 2.44 bits per heavy atom. The van der Waals surface area contributed by atoms with Gasteiger partial charge in [-0.3, -0.25) is 0 Å². The Balaban J connectivity index is 2.68. The molecule has 0 heterocycles. The number of benzene rings is 1. The Morgan fingerprint density at radius 2 is 1.88 bits per heavy atom. The van der Waals surface area contributed by atoms with Gasteiger partial charge in [-0.1, -0.05) is 18.2 Å². The minimum absolute atomic E-state index is 0.00734. The number of hydrogen-bond acceptors (Lipinski definition) is 2. The molecule has 4 heteroatoms. The summed E-state index contributed by atoms with van der Waals surface area (Å²) in [6.07, 6.45) is -3.37. The number of rotatable bonds is 5. The molecule has 1 N–H and O–H groups in total. The van der Waals surface area contributed by atoms with Crippen molar-refractivity contribution in [2.24, 2.45) is 0 Å². The molecule has 0 amide bonds. The summed E-state index contributed by atoms with van der Waals surface area (Å²) in [5.41, 5.74) is 0.375. The lowest BCUT2D eigenvalue weighted by Gasteiger charge is -2.14. The molecule has 0 aliphatic carbocycles. The molecule has 0 saturated heterocycles. The fraction of sp³-hybridized carbons (Fsp3) is 0.500. The van der Waals surface area contributed by atoms with E-state index in [9.17, 15) is 13.9 Å². The van der Waals surface area contributed by atoms with Crippen molar-refractivity contribution in [1.82, 2.24) is 0 Å². The molecule has 1 rings (SSSR count). The van der Waals surface area contributed by atoms with Crippen LogP contribution >= 0.6 is 0 Å². The second-order valence-corrected chi connectivity index (χ2v) is 3.87. The van der Waals surface area contributed by atoms with Crippen LogP contribution in [0.25, 0.3) is 0 Å². The average molecular weight is 230 g/mol. The summed E-state index contributed by atoms with van der Waals surface area (Å²) in [6, 6.07) is 5.76. The van der Waals surface area contributed by atoms with Crippen molar-refractivity contribution < 1.29 is 18.6 Å². The molecule has 0 aliphatic rings. The molecule has 1 aromatic carbocycles. The van der Waals surface area contributed by atoms with Gasteiger partial charge in [0.15, 0.2) is 0 Å². The Morgan fingerprint density at radius 1 is 1.25 bits per heavy atom. The van der Waals surface area contributed by atoms with Crippen molar-refractivity contribution >= 4 is 0 Å². The standard InChI is InChI=1S/C12H16F2O2/c1-8(2)16-7-11(15)9-4-3-5-10(6-9)12(13)14/h3-6,8,11-12,15H,7H2,1-2H3. The number of alkyl halides is 2. The summed E-state index contributed by atoms with van der Waals surface area (Å²) in [5.74, 6) is 0. The molecule has 0 aromatic heterocycles. The van der Waals surface area contributed by atoms with E-state index in [0.717, 1.165) is 0 Å². The van der Waals surface area contributed by atoms with Gasteiger partial charge in [0.05, 0.1) is 12.7 Å². The van der Waals surface area contributed by atoms with Gasteiger partial charge in [0.2, 0.25) is 0 Å². The maximum absolute atomic E-state index is 12.4. The van der Waals surface area contributed by atoms with Crippen LogP contribution in [-0.2, 0) is 4.74 Å². The third-order valence-electron chi connectivity index (χ3n) is 2.13. The van der Waals surface area contributed by atoms with Crippen LogP contribution in [0.4, 0.5) is 8.78 Å². The molecule has 1 unspecified atom stereocenters. The van der Waals surface area contributed by atoms with E-state index in [-0.39, 0.29) is 18.3 Å². The molecular formula is C12H16F2O2. The van der Waals surface area contributed by atoms with E-state index in [0.29, 0.717) is 5.56 Å². The quantitative estimate of drug-likeness (QED) is 0.842. The van der Waals surface area contributed by atoms with Crippen LogP contribution in [-0.4, -0.2) is 17.8 Å². The van der Waals surface area contributed by atoms with E-state index in [4.69, 9.17) is 4.74 Å². The fourth-order valence-corrected chi connectivity index (χ4v) is 1.28. The smallest absolute Gasteiger partial charge is 0.263 e. The summed E-state index contributed by atoms with van der Waals surface area (Å²) < 4.78 is 30.0. The van der Waals surface area contributed by atoms with Gasteiger partial charge in [-0.2, -0.15) is 0 Å². The minimum Gasteiger partial charge on any atom is -0.386 e. The summed E-state index contributed by atoms with van der Waals surface area (Å²) in [5, 5.41) is 9.71. The highest BCUT2D eigenvalue weighted by Crippen LogP contribution is 2.22. The van der Waals surface area contributed by atoms with Gasteiger partial charge in [0.25, 0.3) is 6.43 Å². The first-order chi connectivity index (χ1) is 7.50. The Kier molecular flexibility index (Phi) is 4.83. The molecule has 0 saturated carbocycles. The summed E-state index contributed by atoms with van der Waals surface area (Å²) in [7, 11) is 0. The first kappa shape index (κ1) is 13.1. The van der Waals surface area contributed by atoms with Crippen LogP contribution in [0.3, 0.4) is 0 Å². The van der Waals surface area contributed by atoms with Crippen LogP contribution in [0.2, 0.25) is 0 Å². The largest absolute Gasteiger partial charge is 0.386 e. The molecule has 0 bridgehead atoms. The van der Waals surface area contributed by atoms with E-state index in [1.807, 2.05) is 13.8 Å². The molecule has 90 valence electrons. The summed E-state index contributed by atoms with van der Waals surface area (Å²) in [6.45, 7) is 3.81. The summed E-state index contributed by atoms with van der Waals surface area (Å²) in [4.78, 5) is 0. The van der Waals surface area contributed by atoms with Gasteiger partial charge in [0, 0.05) is 5.56 Å². The SMILES string of the molecule is CC(C)OCC(O)c1cccc(C(F)F)c1. The van der Waals surface area contributed by atoms with Crippen LogP contribution in [0, 0.1) is 0 Å². The number of halogens is 2. The topological polar surface area (TPSA) is 29.5 Å². The van der Waals surface area contributed by atoms with E-state index in [2.05, 4.69) is 0 Å². The first-order valence-electron chi connectivity index (χ1n) is 5.18. The molecular weight excluding hydrogens is 214 g/mol. The lowest BCUT2D eigenvalue weighted by molar-refractivity contribution is 0.00480. The van der Waals surface area contributed by atoms with Crippen molar-refractivity contribution in [3.05, 3.63) is 35.4 Å². The second kappa shape index (κ2) is 5.92. The van der Waals surface area contributed by atoms with Crippen LogP contribution < -0.4 is 0 Å². The van der Waals surface area contributed by atoms with Gasteiger partial charge in [-0.15, -0.1) is 0 Å². The van der Waals surface area contributed by atoms with Gasteiger partial charge in [-0.05, 0) is 25.5 Å². The van der Waals surface area contributed by atoms with E-state index in [1.165, 1.54) is 18.2 Å². The lowest BCUT2D eigenvalue weighted by Crippen LogP contribution is -2.12. The van der Waals surface area contributed by atoms with Crippen LogP contribution in [0.15, 0.2) is 24.3 Å². The number of hydrogen-bond donors (Lipinski definition) is 1. The maximum atomic E-state index is 12.4. The highest BCUT2D eigenvalue weighted by atomic mass is 19.3. The molecule has 2 nitrogen and oxygen atoms in total. The Bertz CT molecular complexity index is 327. The summed E-state index contributed by atoms with van der Waals surface area (Å²) >= 11 is 0. The third-order valence-corrected chi connectivity index (χ3v) is 2.13. The minimum atomic E-state index is -2.52. The van der Waals surface area contributed by atoms with Gasteiger partial charge >= 0.3 is 0 Å². The van der Waals surface area contributed by atoms with Crippen molar-refractivity contribution in [2.75, 3.05) is 6.61 Å². The number of ether oxygens (including phenoxy) is 1. The van der Waals surface area contributed by atoms with Crippen molar-refractivity contribution in [1.29, 1.82) is 0 Å². The van der Waals surface area contributed by atoms with Gasteiger partial charge in [-0.25, -0.2) is 8.78 Å². The molecule has 16 heavy (non-hydrogen) atoms. The van der Waals surface area contributed by atoms with E-state index in [1.54, 1.807) is 6.07 Å². The van der Waals surface area contributed by atoms with Crippen molar-refractivity contribution in [2.45, 2.75) is 32.5 Å². The third kappa shape index (κ3) is 3.87. The van der Waals surface area contributed by atoms with Gasteiger partial charge < -0.3 is 9.84 Å². The molecule has 1 aromatic rings. The second-order valence-electron chi connectivity index (χ2n) is 3.87. The van der Waals surface area contributed by atoms with E-state index >= 15 is 0 Å². The zero-order valence-electron chi connectivity index (χ0n) is 9.36. The van der Waals surface area contributed by atoms with E-state index < -0.39 is 12.5 Å². The predicted octanol–water partition coefficient (Wildman–Crippen LogP) is 3.08. The monoisotopic (exact) mass is 230 g/mol. The molecule has 0 aliphatic heterocycles. The predicted molar refractivity (Wildman–Crippen MR) is 57.4 cm³/mol. The van der Waals surface area contributed by atoms with Crippen LogP contribution in [0.5, 0.6) is 0 Å².